The number of hydrogen-bond donors (Lipinski definition) is 1. The number of nitrogens with one attached hydrogen (secondary N) is 1. The predicted octanol–water partition coefficient (Wildman–Crippen LogP) is 3.77. The number of amides is 1. The molecule has 3 aromatic heterocycles. The third kappa shape index (κ3) is 5.07. The summed E-state index contributed by atoms with van der Waals surface area (Å²) in [6.07, 6.45) is 3.75. The first-order valence-electron chi connectivity index (χ1n) is 12.1. The number of benzene rings is 1. The van der Waals surface area contributed by atoms with Crippen molar-refractivity contribution in [1.29, 1.82) is 5.26 Å². The highest BCUT2D eigenvalue weighted by Gasteiger charge is 2.36. The number of imidazole rings is 1. The number of fused-ring (bicyclic) bond motifs is 1. The summed E-state index contributed by atoms with van der Waals surface area (Å²) < 4.78 is 17.4. The molecule has 1 N–H and O–H groups in total. The first kappa shape index (κ1) is 25.6. The van der Waals surface area contributed by atoms with Crippen molar-refractivity contribution in [2.75, 3.05) is 11.4 Å². The van der Waals surface area contributed by atoms with E-state index in [0.717, 1.165) is 5.69 Å². The van der Waals surface area contributed by atoms with E-state index in [4.69, 9.17) is 5.10 Å². The standard InChI is InChI=1S/C25H22FN7O2.C2H6.H2/c1-15-13-28-22-5-6-23(30-33(15)22)32-14-19(29-24(34)20-4-3-7-31(2)25(20)35)11-21(32)17-8-16(12-27)9-18(26)10-17;1-2;/h3-10,13,19,21H,11,14H2,1-2H3,(H,29,34);1-2H3;1H/t19?,21-;;/m1../s1. The maximum Gasteiger partial charge on any atom is 0.263 e. The Bertz CT molecular complexity index is 1560. The minimum atomic E-state index is -0.506. The van der Waals surface area contributed by atoms with Crippen LogP contribution >= 0.6 is 0 Å². The van der Waals surface area contributed by atoms with Crippen molar-refractivity contribution in [3.05, 3.63) is 93.4 Å². The highest BCUT2D eigenvalue weighted by atomic mass is 19.1. The van der Waals surface area contributed by atoms with E-state index in [-0.39, 0.29) is 30.2 Å². The Morgan fingerprint density at radius 3 is 2.78 bits per heavy atom. The fraction of sp³-hybridized carbons (Fsp3) is 0.296. The molecule has 5 rings (SSSR count). The van der Waals surface area contributed by atoms with E-state index >= 15 is 0 Å². The molecule has 1 amide bonds. The molecule has 0 radical (unpaired) electrons. The number of rotatable bonds is 4. The van der Waals surface area contributed by atoms with Gasteiger partial charge in [0.15, 0.2) is 5.65 Å². The Morgan fingerprint density at radius 2 is 2.03 bits per heavy atom. The third-order valence-corrected chi connectivity index (χ3v) is 6.25. The van der Waals surface area contributed by atoms with Crippen molar-refractivity contribution >= 4 is 17.4 Å². The lowest BCUT2D eigenvalue weighted by molar-refractivity contribution is 0.0937. The second-order valence-electron chi connectivity index (χ2n) is 8.66. The van der Waals surface area contributed by atoms with E-state index in [9.17, 15) is 19.2 Å². The molecule has 0 spiro atoms. The van der Waals surface area contributed by atoms with Gasteiger partial charge in [0.2, 0.25) is 0 Å². The minimum absolute atomic E-state index is 0. The zero-order valence-corrected chi connectivity index (χ0v) is 21.1. The lowest BCUT2D eigenvalue weighted by Crippen LogP contribution is -2.40. The monoisotopic (exact) mass is 503 g/mol. The van der Waals surface area contributed by atoms with Crippen molar-refractivity contribution < 1.29 is 10.6 Å². The quantitative estimate of drug-likeness (QED) is 0.454. The van der Waals surface area contributed by atoms with Gasteiger partial charge in [0.05, 0.1) is 29.6 Å². The Kier molecular flexibility index (Phi) is 7.34. The fourth-order valence-electron chi connectivity index (χ4n) is 4.54. The van der Waals surface area contributed by atoms with Gasteiger partial charge in [-0.1, -0.05) is 13.8 Å². The molecule has 2 atom stereocenters. The zero-order chi connectivity index (χ0) is 26.7. The third-order valence-electron chi connectivity index (χ3n) is 6.25. The second kappa shape index (κ2) is 10.6. The van der Waals surface area contributed by atoms with E-state index in [0.29, 0.717) is 30.0 Å². The van der Waals surface area contributed by atoms with E-state index < -0.39 is 11.7 Å². The van der Waals surface area contributed by atoms with E-state index in [1.165, 1.54) is 22.8 Å². The van der Waals surface area contributed by atoms with Crippen LogP contribution in [0.2, 0.25) is 0 Å². The molecule has 1 aliphatic heterocycles. The summed E-state index contributed by atoms with van der Waals surface area (Å²) in [6, 6.07) is 12.4. The number of hydrogen-bond acceptors (Lipinski definition) is 6. The number of aromatic nitrogens is 4. The van der Waals surface area contributed by atoms with Crippen LogP contribution in [0, 0.1) is 24.1 Å². The van der Waals surface area contributed by atoms with Crippen LogP contribution in [0.3, 0.4) is 0 Å². The van der Waals surface area contributed by atoms with Gasteiger partial charge in [-0.2, -0.15) is 5.26 Å². The number of carbonyl (C=O) groups is 1. The molecule has 1 aliphatic rings. The average molecular weight is 504 g/mol. The van der Waals surface area contributed by atoms with Crippen molar-refractivity contribution in [2.45, 2.75) is 39.3 Å². The molecule has 4 heterocycles. The van der Waals surface area contributed by atoms with Crippen molar-refractivity contribution in [1.82, 2.24) is 24.5 Å². The van der Waals surface area contributed by atoms with Gasteiger partial charge in [-0.25, -0.2) is 13.9 Å². The minimum Gasteiger partial charge on any atom is -0.347 e. The summed E-state index contributed by atoms with van der Waals surface area (Å²) in [5.41, 5.74) is 2.05. The smallest absolute Gasteiger partial charge is 0.263 e. The van der Waals surface area contributed by atoms with Crippen LogP contribution < -0.4 is 15.8 Å². The fourth-order valence-corrected chi connectivity index (χ4v) is 4.54. The maximum absolute atomic E-state index is 14.3. The molecule has 1 fully saturated rings. The molecule has 1 aromatic carbocycles. The van der Waals surface area contributed by atoms with Crippen LogP contribution in [0.25, 0.3) is 5.65 Å². The molecule has 9 nitrogen and oxygen atoms in total. The first-order valence-corrected chi connectivity index (χ1v) is 12.1. The first-order chi connectivity index (χ1) is 17.8. The molecule has 1 unspecified atom stereocenters. The Morgan fingerprint density at radius 1 is 1.24 bits per heavy atom. The van der Waals surface area contributed by atoms with Crippen LogP contribution in [0.1, 0.15) is 54.9 Å². The topological polar surface area (TPSA) is 108 Å². The normalized spacial score (nSPS) is 16.7. The molecule has 37 heavy (non-hydrogen) atoms. The molecule has 0 saturated carbocycles. The number of anilines is 1. The molecule has 10 heteroatoms. The van der Waals surface area contributed by atoms with Gasteiger partial charge in [-0.15, -0.1) is 5.10 Å². The Balaban J connectivity index is 0.00000130. The number of aryl methyl sites for hydroxylation is 2. The van der Waals surface area contributed by atoms with Gasteiger partial charge < -0.3 is 14.8 Å². The highest BCUT2D eigenvalue weighted by Crippen LogP contribution is 2.36. The van der Waals surface area contributed by atoms with Gasteiger partial charge in [0.1, 0.15) is 17.2 Å². The Labute approximate surface area is 215 Å². The van der Waals surface area contributed by atoms with E-state index in [1.54, 1.807) is 36.1 Å². The largest absolute Gasteiger partial charge is 0.347 e. The molecule has 0 bridgehead atoms. The van der Waals surface area contributed by atoms with Crippen LogP contribution in [-0.2, 0) is 7.05 Å². The van der Waals surface area contributed by atoms with Crippen LogP contribution in [-0.4, -0.2) is 37.7 Å². The Hall–Kier alpha value is -4.52. The van der Waals surface area contributed by atoms with Crippen molar-refractivity contribution in [3.8, 4) is 6.07 Å². The summed E-state index contributed by atoms with van der Waals surface area (Å²) in [4.78, 5) is 31.6. The SMILES string of the molecule is CC.Cc1cnc2ccc(N3CC(NC(=O)c4cccn(C)c4=O)C[C@@H]3c3cc(F)cc(C#N)c3)nn12.[HH]. The van der Waals surface area contributed by atoms with Crippen LogP contribution in [0.5, 0.6) is 0 Å². The average Bonchev–Trinajstić information content (AvgIpc) is 3.49. The second-order valence-corrected chi connectivity index (χ2v) is 8.66. The van der Waals surface area contributed by atoms with Gasteiger partial charge in [-0.3, -0.25) is 9.59 Å². The molecular formula is C27H30FN7O2. The molecule has 192 valence electrons. The lowest BCUT2D eigenvalue weighted by Gasteiger charge is -2.26. The summed E-state index contributed by atoms with van der Waals surface area (Å²) in [5.74, 6) is -0.352. The predicted molar refractivity (Wildman–Crippen MR) is 140 cm³/mol. The molecule has 4 aromatic rings. The zero-order valence-electron chi connectivity index (χ0n) is 21.1. The van der Waals surface area contributed by atoms with Gasteiger partial charge in [0, 0.05) is 27.3 Å². The van der Waals surface area contributed by atoms with Gasteiger partial charge >= 0.3 is 0 Å². The maximum atomic E-state index is 14.3. The number of nitriles is 1. The summed E-state index contributed by atoms with van der Waals surface area (Å²) >= 11 is 0. The molecule has 0 aliphatic carbocycles. The van der Waals surface area contributed by atoms with E-state index in [1.807, 2.05) is 43.9 Å². The summed E-state index contributed by atoms with van der Waals surface area (Å²) in [6.45, 7) is 6.28. The van der Waals surface area contributed by atoms with Gasteiger partial charge in [0.25, 0.3) is 11.5 Å². The number of carbonyl (C=O) groups excluding carboxylic acids is 1. The highest BCUT2D eigenvalue weighted by molar-refractivity contribution is 5.94. The van der Waals surface area contributed by atoms with E-state index in [2.05, 4.69) is 10.3 Å². The molecule has 1 saturated heterocycles. The summed E-state index contributed by atoms with van der Waals surface area (Å²) in [7, 11) is 1.59. The number of halogens is 1. The lowest BCUT2D eigenvalue weighted by atomic mass is 10.0. The van der Waals surface area contributed by atoms with Crippen molar-refractivity contribution in [2.24, 2.45) is 7.05 Å². The van der Waals surface area contributed by atoms with Crippen LogP contribution in [0.15, 0.2) is 59.7 Å². The van der Waals surface area contributed by atoms with Crippen LogP contribution in [0.4, 0.5) is 10.2 Å². The van der Waals surface area contributed by atoms with Gasteiger partial charge in [-0.05, 0) is 61.4 Å². The number of pyridine rings is 1. The van der Waals surface area contributed by atoms with Crippen molar-refractivity contribution in [3.63, 3.8) is 0 Å². The molecular weight excluding hydrogens is 473 g/mol. The number of nitrogens with zero attached hydrogens (tertiary/aromatic N) is 6. The summed E-state index contributed by atoms with van der Waals surface area (Å²) in [5, 5.41) is 17.0.